The van der Waals surface area contributed by atoms with Crippen LogP contribution in [0.4, 0.5) is 4.79 Å². The molecule has 2 aromatic rings. The van der Waals surface area contributed by atoms with Crippen LogP contribution in [-0.4, -0.2) is 31.8 Å². The molecule has 1 fully saturated rings. The van der Waals surface area contributed by atoms with E-state index in [2.05, 4.69) is 25.4 Å². The second-order valence-electron chi connectivity index (χ2n) is 7.37. The normalized spacial score (nSPS) is 17.4. The summed E-state index contributed by atoms with van der Waals surface area (Å²) in [5, 5.41) is 7.02. The Labute approximate surface area is 146 Å². The molecule has 1 unspecified atom stereocenters. The Morgan fingerprint density at radius 1 is 1.36 bits per heavy atom. The van der Waals surface area contributed by atoms with Gasteiger partial charge in [0.25, 0.3) is 0 Å². The molecule has 8 heteroatoms. The predicted octanol–water partition coefficient (Wildman–Crippen LogP) is 2.92. The van der Waals surface area contributed by atoms with E-state index in [4.69, 9.17) is 9.26 Å². The molecule has 2 heterocycles. The van der Waals surface area contributed by atoms with Crippen molar-refractivity contribution in [2.24, 2.45) is 0 Å². The number of amides is 1. The third-order valence-electron chi connectivity index (χ3n) is 4.21. The fraction of sp³-hybridized carbons (Fsp3) is 0.588. The van der Waals surface area contributed by atoms with Crippen molar-refractivity contribution in [2.45, 2.75) is 64.0 Å². The first-order valence-electron chi connectivity index (χ1n) is 8.40. The van der Waals surface area contributed by atoms with Crippen molar-refractivity contribution in [3.05, 3.63) is 36.0 Å². The van der Waals surface area contributed by atoms with E-state index in [0.717, 1.165) is 25.0 Å². The molecule has 0 radical (unpaired) electrons. The molecule has 1 atom stereocenters. The molecule has 134 valence electrons. The Bertz CT molecular complexity index is 734. The van der Waals surface area contributed by atoms with Gasteiger partial charge < -0.3 is 14.6 Å². The fourth-order valence-electron chi connectivity index (χ4n) is 2.70. The van der Waals surface area contributed by atoms with Crippen LogP contribution in [0, 0.1) is 0 Å². The molecule has 1 saturated carbocycles. The number of carbonyl (C=O) groups excluding carboxylic acids is 1. The van der Waals surface area contributed by atoms with Crippen molar-refractivity contribution < 1.29 is 14.1 Å². The van der Waals surface area contributed by atoms with Gasteiger partial charge in [0.05, 0.1) is 11.6 Å². The summed E-state index contributed by atoms with van der Waals surface area (Å²) in [4.78, 5) is 25.0. The summed E-state index contributed by atoms with van der Waals surface area (Å²) in [5.41, 5.74) is -0.426. The molecule has 0 aromatic carbocycles. The van der Waals surface area contributed by atoms with Crippen molar-refractivity contribution >= 4 is 6.09 Å². The molecule has 0 spiro atoms. The van der Waals surface area contributed by atoms with E-state index in [1.165, 1.54) is 0 Å². The Morgan fingerprint density at radius 3 is 2.68 bits per heavy atom. The van der Waals surface area contributed by atoms with Gasteiger partial charge >= 0.3 is 6.09 Å². The molecule has 1 N–H and O–H groups in total. The minimum Gasteiger partial charge on any atom is -0.444 e. The molecule has 8 nitrogen and oxygen atoms in total. The van der Waals surface area contributed by atoms with Crippen molar-refractivity contribution in [2.75, 3.05) is 0 Å². The summed E-state index contributed by atoms with van der Waals surface area (Å²) >= 11 is 0. The van der Waals surface area contributed by atoms with Crippen LogP contribution in [0.1, 0.15) is 70.3 Å². The second-order valence-corrected chi connectivity index (χ2v) is 7.37. The average molecular weight is 345 g/mol. The highest BCUT2D eigenvalue weighted by atomic mass is 16.6. The Morgan fingerprint density at radius 2 is 2.12 bits per heavy atom. The number of carbonyl (C=O) groups is 1. The van der Waals surface area contributed by atoms with E-state index in [-0.39, 0.29) is 5.92 Å². The zero-order valence-electron chi connectivity index (χ0n) is 14.9. The van der Waals surface area contributed by atoms with Gasteiger partial charge in [-0.05, 0) is 47.0 Å². The van der Waals surface area contributed by atoms with Crippen LogP contribution >= 0.6 is 0 Å². The molecule has 25 heavy (non-hydrogen) atoms. The van der Waals surface area contributed by atoms with Gasteiger partial charge in [0, 0.05) is 18.6 Å². The number of hydrogen-bond acceptors (Lipinski definition) is 7. The molecule has 0 aliphatic heterocycles. The standard InChI is InChI=1S/C17H23N5O3/c1-11(12-10-18-8-9-19-12)13-20-14(22-25-13)17(6-5-7-17)21-15(23)24-16(2,3)4/h8-11H,5-7H2,1-4H3,(H,21,23). The molecule has 1 aliphatic rings. The largest absolute Gasteiger partial charge is 0.444 e. The predicted molar refractivity (Wildman–Crippen MR) is 88.7 cm³/mol. The van der Waals surface area contributed by atoms with E-state index in [0.29, 0.717) is 11.7 Å². The van der Waals surface area contributed by atoms with Gasteiger partial charge in [-0.15, -0.1) is 0 Å². The quantitative estimate of drug-likeness (QED) is 0.908. The van der Waals surface area contributed by atoms with Crippen LogP contribution in [0.25, 0.3) is 0 Å². The summed E-state index contributed by atoms with van der Waals surface area (Å²) in [6.45, 7) is 7.41. The summed E-state index contributed by atoms with van der Waals surface area (Å²) in [6.07, 6.45) is 6.94. The summed E-state index contributed by atoms with van der Waals surface area (Å²) in [5.74, 6) is 0.761. The first-order valence-corrected chi connectivity index (χ1v) is 8.40. The summed E-state index contributed by atoms with van der Waals surface area (Å²) < 4.78 is 10.8. The van der Waals surface area contributed by atoms with Gasteiger partial charge in [-0.1, -0.05) is 5.16 Å². The lowest BCUT2D eigenvalue weighted by atomic mass is 9.76. The Kier molecular flexibility index (Phi) is 4.45. The number of rotatable bonds is 4. The lowest BCUT2D eigenvalue weighted by Gasteiger charge is -2.39. The molecule has 2 aromatic heterocycles. The number of hydrogen-bond donors (Lipinski definition) is 1. The van der Waals surface area contributed by atoms with Crippen LogP contribution in [0.5, 0.6) is 0 Å². The number of nitrogens with one attached hydrogen (secondary N) is 1. The first kappa shape index (κ1) is 17.3. The topological polar surface area (TPSA) is 103 Å². The highest BCUT2D eigenvalue weighted by Crippen LogP contribution is 2.40. The van der Waals surface area contributed by atoms with Crippen molar-refractivity contribution in [1.29, 1.82) is 0 Å². The molecule has 1 amide bonds. The lowest BCUT2D eigenvalue weighted by Crippen LogP contribution is -2.52. The monoisotopic (exact) mass is 345 g/mol. The minimum atomic E-state index is -0.619. The van der Waals surface area contributed by atoms with Crippen molar-refractivity contribution in [3.63, 3.8) is 0 Å². The fourth-order valence-corrected chi connectivity index (χ4v) is 2.70. The number of ether oxygens (including phenoxy) is 1. The SMILES string of the molecule is CC(c1cnccn1)c1nc(C2(NC(=O)OC(C)(C)C)CCC2)no1. The van der Waals surface area contributed by atoms with E-state index < -0.39 is 17.2 Å². The number of nitrogens with zero attached hydrogens (tertiary/aromatic N) is 4. The summed E-state index contributed by atoms with van der Waals surface area (Å²) in [7, 11) is 0. The van der Waals surface area contributed by atoms with Crippen LogP contribution in [0.3, 0.4) is 0 Å². The Balaban J connectivity index is 1.76. The van der Waals surface area contributed by atoms with Crippen molar-refractivity contribution in [1.82, 2.24) is 25.4 Å². The van der Waals surface area contributed by atoms with E-state index >= 15 is 0 Å². The molecule has 3 rings (SSSR count). The van der Waals surface area contributed by atoms with Crippen LogP contribution in [0.15, 0.2) is 23.1 Å². The van der Waals surface area contributed by atoms with Gasteiger partial charge in [-0.2, -0.15) is 4.98 Å². The highest BCUT2D eigenvalue weighted by molar-refractivity contribution is 5.69. The van der Waals surface area contributed by atoms with Gasteiger partial charge in [0.1, 0.15) is 11.1 Å². The molecule has 0 bridgehead atoms. The van der Waals surface area contributed by atoms with Crippen LogP contribution < -0.4 is 5.32 Å². The molecule has 0 saturated heterocycles. The van der Waals surface area contributed by atoms with E-state index in [1.807, 2.05) is 27.7 Å². The van der Waals surface area contributed by atoms with Gasteiger partial charge in [0.15, 0.2) is 5.82 Å². The Hall–Kier alpha value is -2.51. The van der Waals surface area contributed by atoms with Crippen molar-refractivity contribution in [3.8, 4) is 0 Å². The lowest BCUT2D eigenvalue weighted by molar-refractivity contribution is 0.0362. The van der Waals surface area contributed by atoms with E-state index in [9.17, 15) is 4.79 Å². The van der Waals surface area contributed by atoms with Gasteiger partial charge in [-0.25, -0.2) is 4.79 Å². The average Bonchev–Trinajstić information content (AvgIpc) is 2.99. The van der Waals surface area contributed by atoms with Gasteiger partial charge in [0.2, 0.25) is 5.89 Å². The molecule has 1 aliphatic carbocycles. The maximum atomic E-state index is 12.2. The summed E-state index contributed by atoms with van der Waals surface area (Å²) in [6, 6.07) is 0. The van der Waals surface area contributed by atoms with E-state index in [1.54, 1.807) is 18.6 Å². The maximum absolute atomic E-state index is 12.2. The smallest absolute Gasteiger partial charge is 0.408 e. The number of aromatic nitrogens is 4. The zero-order chi connectivity index (χ0) is 18.1. The van der Waals surface area contributed by atoms with Crippen LogP contribution in [-0.2, 0) is 10.3 Å². The maximum Gasteiger partial charge on any atom is 0.408 e. The highest BCUT2D eigenvalue weighted by Gasteiger charge is 2.45. The number of alkyl carbamates (subject to hydrolysis) is 1. The van der Waals surface area contributed by atoms with Gasteiger partial charge in [-0.3, -0.25) is 9.97 Å². The molecular formula is C17H23N5O3. The van der Waals surface area contributed by atoms with Crippen LogP contribution in [0.2, 0.25) is 0 Å². The third-order valence-corrected chi connectivity index (χ3v) is 4.21. The zero-order valence-corrected chi connectivity index (χ0v) is 14.9. The second kappa shape index (κ2) is 6.42. The minimum absolute atomic E-state index is 0.173. The molecular weight excluding hydrogens is 322 g/mol. The third kappa shape index (κ3) is 3.78. The first-order chi connectivity index (χ1) is 11.8.